The van der Waals surface area contributed by atoms with Crippen LogP contribution in [0.5, 0.6) is 11.5 Å². The standard InChI is InChI=1S/C22H25N3O6S/c1-13(24-20(29)18(28)12-14-7-8-16(26)17(27)11-14)21(30)25-10-4-5-15(25)22(31)32-19-6-2-3-9-23-19/h2-3,6-9,11,13,15,18,26-28H,4-5,10,12H2,1H3,(H,24,29). The van der Waals surface area contributed by atoms with Crippen LogP contribution in [0.3, 0.4) is 0 Å². The molecule has 0 radical (unpaired) electrons. The van der Waals surface area contributed by atoms with Gasteiger partial charge in [0, 0.05) is 19.2 Å². The van der Waals surface area contributed by atoms with Crippen molar-refractivity contribution in [2.45, 2.75) is 49.4 Å². The summed E-state index contributed by atoms with van der Waals surface area (Å²) in [6, 6.07) is 7.71. The van der Waals surface area contributed by atoms with Gasteiger partial charge in [-0.15, -0.1) is 0 Å². The molecule has 1 aromatic heterocycles. The molecule has 9 nitrogen and oxygen atoms in total. The Morgan fingerprint density at radius 1 is 1.22 bits per heavy atom. The van der Waals surface area contributed by atoms with Gasteiger partial charge in [0.1, 0.15) is 23.2 Å². The van der Waals surface area contributed by atoms with E-state index in [0.717, 1.165) is 11.8 Å². The van der Waals surface area contributed by atoms with Crippen molar-refractivity contribution in [3.63, 3.8) is 0 Å². The van der Waals surface area contributed by atoms with E-state index in [1.165, 1.54) is 30.0 Å². The molecule has 2 heterocycles. The van der Waals surface area contributed by atoms with E-state index in [1.54, 1.807) is 24.4 Å². The largest absolute Gasteiger partial charge is 0.504 e. The third-order valence-electron chi connectivity index (χ3n) is 5.15. The minimum absolute atomic E-state index is 0.105. The molecule has 1 saturated heterocycles. The highest BCUT2D eigenvalue weighted by molar-refractivity contribution is 8.13. The average molecular weight is 460 g/mol. The summed E-state index contributed by atoms with van der Waals surface area (Å²) in [5, 5.41) is 31.9. The molecule has 1 fully saturated rings. The van der Waals surface area contributed by atoms with Gasteiger partial charge in [-0.1, -0.05) is 12.1 Å². The molecule has 3 rings (SSSR count). The SMILES string of the molecule is CC(NC(=O)C(O)Cc1ccc(O)c(O)c1)C(=O)N1CCCC1C(=O)Sc1ccccn1. The number of likely N-dealkylation sites (tertiary alicyclic amines) is 1. The molecule has 1 aliphatic rings. The Hall–Kier alpha value is -3.11. The molecule has 0 aliphatic carbocycles. The number of amides is 2. The van der Waals surface area contributed by atoms with E-state index in [9.17, 15) is 29.7 Å². The summed E-state index contributed by atoms with van der Waals surface area (Å²) >= 11 is 0.986. The first-order valence-corrected chi connectivity index (χ1v) is 11.0. The van der Waals surface area contributed by atoms with E-state index < -0.39 is 30.0 Å². The van der Waals surface area contributed by atoms with Crippen LogP contribution in [0.25, 0.3) is 0 Å². The Balaban J connectivity index is 1.56. The lowest BCUT2D eigenvalue weighted by Crippen LogP contribution is -2.52. The van der Waals surface area contributed by atoms with Gasteiger partial charge in [-0.3, -0.25) is 14.4 Å². The highest BCUT2D eigenvalue weighted by Crippen LogP contribution is 2.27. The number of aliphatic hydroxyl groups excluding tert-OH is 1. The number of nitrogens with zero attached hydrogens (tertiary/aromatic N) is 2. The molecule has 1 aliphatic heterocycles. The molecule has 1 aromatic carbocycles. The van der Waals surface area contributed by atoms with Gasteiger partial charge in [-0.25, -0.2) is 4.98 Å². The van der Waals surface area contributed by atoms with Crippen molar-refractivity contribution in [3.05, 3.63) is 48.2 Å². The number of phenols is 2. The zero-order valence-electron chi connectivity index (χ0n) is 17.5. The maximum absolute atomic E-state index is 12.9. The summed E-state index contributed by atoms with van der Waals surface area (Å²) in [5.74, 6) is -1.80. The van der Waals surface area contributed by atoms with Crippen molar-refractivity contribution in [1.82, 2.24) is 15.2 Å². The number of aliphatic hydroxyl groups is 1. The lowest BCUT2D eigenvalue weighted by molar-refractivity contribution is -0.140. The van der Waals surface area contributed by atoms with Crippen molar-refractivity contribution < 1.29 is 29.7 Å². The first kappa shape index (κ1) is 23.6. The molecule has 2 amide bonds. The second-order valence-corrected chi connectivity index (χ2v) is 8.58. The van der Waals surface area contributed by atoms with Gasteiger partial charge >= 0.3 is 0 Å². The molecule has 0 saturated carbocycles. The molecule has 4 N–H and O–H groups in total. The van der Waals surface area contributed by atoms with Crippen LogP contribution in [0.2, 0.25) is 0 Å². The number of carbonyl (C=O) groups excluding carboxylic acids is 3. The number of nitrogens with one attached hydrogen (secondary N) is 1. The Morgan fingerprint density at radius 3 is 2.69 bits per heavy atom. The zero-order valence-corrected chi connectivity index (χ0v) is 18.3. The molecular formula is C22H25N3O6S. The van der Waals surface area contributed by atoms with Crippen LogP contribution >= 0.6 is 11.8 Å². The molecule has 3 unspecified atom stereocenters. The normalized spacial score (nSPS) is 17.6. The molecule has 0 spiro atoms. The number of pyridine rings is 1. The predicted molar refractivity (Wildman–Crippen MR) is 117 cm³/mol. The minimum Gasteiger partial charge on any atom is -0.504 e. The first-order valence-electron chi connectivity index (χ1n) is 10.2. The van der Waals surface area contributed by atoms with Crippen LogP contribution in [0, 0.1) is 0 Å². The first-order chi connectivity index (χ1) is 15.3. The summed E-state index contributed by atoms with van der Waals surface area (Å²) in [6.07, 6.45) is 1.25. The minimum atomic E-state index is -1.45. The van der Waals surface area contributed by atoms with Crippen LogP contribution in [0.1, 0.15) is 25.3 Å². The van der Waals surface area contributed by atoms with E-state index in [2.05, 4.69) is 10.3 Å². The number of thioether (sulfide) groups is 1. The van der Waals surface area contributed by atoms with Crippen molar-refractivity contribution in [2.75, 3.05) is 6.54 Å². The van der Waals surface area contributed by atoms with Crippen molar-refractivity contribution in [3.8, 4) is 11.5 Å². The Bertz CT molecular complexity index is 987. The predicted octanol–water partition coefficient (Wildman–Crippen LogP) is 1.21. The number of hydrogen-bond acceptors (Lipinski definition) is 8. The summed E-state index contributed by atoms with van der Waals surface area (Å²) in [7, 11) is 0. The van der Waals surface area contributed by atoms with Gasteiger partial charge in [-0.05, 0) is 61.4 Å². The van der Waals surface area contributed by atoms with Crippen LogP contribution in [-0.4, -0.2) is 66.9 Å². The fraction of sp³-hybridized carbons (Fsp3) is 0.364. The molecular weight excluding hydrogens is 434 g/mol. The van der Waals surface area contributed by atoms with Crippen LogP contribution in [0.4, 0.5) is 0 Å². The summed E-state index contributed by atoms with van der Waals surface area (Å²) in [5.41, 5.74) is 0.443. The van der Waals surface area contributed by atoms with E-state index in [0.29, 0.717) is 30.0 Å². The van der Waals surface area contributed by atoms with E-state index in [-0.39, 0.29) is 23.0 Å². The number of hydrogen-bond donors (Lipinski definition) is 4. The number of aromatic nitrogens is 1. The zero-order chi connectivity index (χ0) is 23.3. The summed E-state index contributed by atoms with van der Waals surface area (Å²) in [6.45, 7) is 1.92. The maximum atomic E-state index is 12.9. The van der Waals surface area contributed by atoms with Gasteiger partial charge in [0.25, 0.3) is 0 Å². The number of benzene rings is 1. The Kier molecular flexibility index (Phi) is 7.70. The quantitative estimate of drug-likeness (QED) is 0.358. The van der Waals surface area contributed by atoms with E-state index >= 15 is 0 Å². The third-order valence-corrected chi connectivity index (χ3v) is 6.08. The van der Waals surface area contributed by atoms with Gasteiger partial charge in [0.05, 0.1) is 0 Å². The average Bonchev–Trinajstić information content (AvgIpc) is 3.26. The van der Waals surface area contributed by atoms with Gasteiger partial charge in [-0.2, -0.15) is 0 Å². The number of carbonyl (C=O) groups is 3. The van der Waals surface area contributed by atoms with Crippen LogP contribution in [-0.2, 0) is 20.8 Å². The summed E-state index contributed by atoms with van der Waals surface area (Å²) in [4.78, 5) is 43.6. The monoisotopic (exact) mass is 459 g/mol. The number of phenolic OH excluding ortho intramolecular Hbond substituents is 2. The molecule has 32 heavy (non-hydrogen) atoms. The van der Waals surface area contributed by atoms with Crippen LogP contribution < -0.4 is 5.32 Å². The number of rotatable bonds is 7. The van der Waals surface area contributed by atoms with Crippen LogP contribution in [0.15, 0.2) is 47.6 Å². The molecule has 3 atom stereocenters. The van der Waals surface area contributed by atoms with E-state index in [1.807, 2.05) is 0 Å². The lowest BCUT2D eigenvalue weighted by Gasteiger charge is -2.27. The van der Waals surface area contributed by atoms with Crippen molar-refractivity contribution >= 4 is 28.7 Å². The van der Waals surface area contributed by atoms with E-state index in [4.69, 9.17) is 0 Å². The molecule has 10 heteroatoms. The number of aromatic hydroxyl groups is 2. The maximum Gasteiger partial charge on any atom is 0.249 e. The fourth-order valence-corrected chi connectivity index (χ4v) is 4.33. The topological polar surface area (TPSA) is 140 Å². The second kappa shape index (κ2) is 10.5. The summed E-state index contributed by atoms with van der Waals surface area (Å²) < 4.78 is 0. The lowest BCUT2D eigenvalue weighted by atomic mass is 10.1. The van der Waals surface area contributed by atoms with Gasteiger partial charge in [0.15, 0.2) is 11.5 Å². The Labute approximate surface area is 189 Å². The van der Waals surface area contributed by atoms with Crippen molar-refractivity contribution in [1.29, 1.82) is 0 Å². The highest BCUT2D eigenvalue weighted by atomic mass is 32.2. The Morgan fingerprint density at radius 2 is 2.00 bits per heavy atom. The smallest absolute Gasteiger partial charge is 0.249 e. The molecule has 170 valence electrons. The molecule has 0 bridgehead atoms. The second-order valence-electron chi connectivity index (χ2n) is 7.55. The molecule has 2 aromatic rings. The van der Waals surface area contributed by atoms with Crippen molar-refractivity contribution in [2.24, 2.45) is 0 Å². The highest BCUT2D eigenvalue weighted by Gasteiger charge is 2.37. The fourth-order valence-electron chi connectivity index (χ4n) is 3.49. The van der Waals surface area contributed by atoms with Gasteiger partial charge in [0.2, 0.25) is 16.9 Å². The van der Waals surface area contributed by atoms with Gasteiger partial charge < -0.3 is 25.5 Å². The third kappa shape index (κ3) is 5.77.